The number of aryl methyl sites for hydroxylation is 2. The van der Waals surface area contributed by atoms with Crippen molar-refractivity contribution in [2.75, 3.05) is 6.61 Å². The van der Waals surface area contributed by atoms with Gasteiger partial charge < -0.3 is 4.74 Å². The number of hydrogen-bond acceptors (Lipinski definition) is 5. The van der Waals surface area contributed by atoms with Crippen LogP contribution in [0.5, 0.6) is 5.75 Å². The van der Waals surface area contributed by atoms with Crippen molar-refractivity contribution in [3.8, 4) is 28.2 Å². The summed E-state index contributed by atoms with van der Waals surface area (Å²) in [6, 6.07) is 17.3. The van der Waals surface area contributed by atoms with Crippen molar-refractivity contribution in [2.24, 2.45) is 0 Å². The average molecular weight is 449 g/mol. The predicted molar refractivity (Wildman–Crippen MR) is 124 cm³/mol. The van der Waals surface area contributed by atoms with E-state index in [1.165, 1.54) is 4.88 Å². The largest absolute Gasteiger partial charge is 0.492 e. The molecule has 0 fully saturated rings. The number of nitrogens with zero attached hydrogens (tertiary/aromatic N) is 4. The topological polar surface area (TPSA) is 63.7 Å². The highest BCUT2D eigenvalue weighted by Gasteiger charge is 2.15. The number of ether oxygens (including phenoxy) is 1. The van der Waals surface area contributed by atoms with Crippen molar-refractivity contribution >= 4 is 22.9 Å². The Hall–Kier alpha value is -3.14. The minimum atomic E-state index is 0.565. The van der Waals surface area contributed by atoms with E-state index in [0.717, 1.165) is 41.5 Å². The van der Waals surface area contributed by atoms with Crippen LogP contribution in [0.25, 0.3) is 16.4 Å². The van der Waals surface area contributed by atoms with E-state index in [1.54, 1.807) is 23.6 Å². The quantitative estimate of drug-likeness (QED) is 0.299. The maximum Gasteiger partial charge on any atom is 0.195 e. The van der Waals surface area contributed by atoms with Crippen LogP contribution >= 0.6 is 22.9 Å². The van der Waals surface area contributed by atoms with Crippen molar-refractivity contribution in [1.29, 1.82) is 5.26 Å². The van der Waals surface area contributed by atoms with Gasteiger partial charge in [0.25, 0.3) is 0 Å². The van der Waals surface area contributed by atoms with Crippen LogP contribution in [0.1, 0.15) is 29.1 Å². The number of imidazole rings is 1. The molecule has 0 amide bonds. The molecule has 31 heavy (non-hydrogen) atoms. The van der Waals surface area contributed by atoms with E-state index in [1.807, 2.05) is 60.2 Å². The van der Waals surface area contributed by atoms with Crippen LogP contribution in [-0.4, -0.2) is 21.1 Å². The first-order valence-corrected chi connectivity index (χ1v) is 11.2. The second kappa shape index (κ2) is 9.78. The highest BCUT2D eigenvalue weighted by atomic mass is 35.5. The number of thiazole rings is 1. The summed E-state index contributed by atoms with van der Waals surface area (Å²) in [5, 5.41) is 10.8. The van der Waals surface area contributed by atoms with Gasteiger partial charge in [0, 0.05) is 27.9 Å². The van der Waals surface area contributed by atoms with Crippen molar-refractivity contribution in [2.45, 2.75) is 26.2 Å². The summed E-state index contributed by atoms with van der Waals surface area (Å²) in [6.45, 7) is 2.54. The summed E-state index contributed by atoms with van der Waals surface area (Å²) in [5.41, 5.74) is 2.61. The number of hydrogen-bond donors (Lipinski definition) is 0. The Kier molecular flexibility index (Phi) is 6.66. The molecule has 2 aromatic heterocycles. The second-order valence-corrected chi connectivity index (χ2v) is 8.53. The highest BCUT2D eigenvalue weighted by Crippen LogP contribution is 2.32. The number of rotatable bonds is 8. The Bertz CT molecular complexity index is 1210. The van der Waals surface area contributed by atoms with E-state index in [0.29, 0.717) is 22.9 Å². The summed E-state index contributed by atoms with van der Waals surface area (Å²) in [6.07, 6.45) is 6.46. The molecule has 2 aromatic carbocycles. The molecule has 156 valence electrons. The zero-order chi connectivity index (χ0) is 21.6. The Labute approximate surface area is 190 Å². The zero-order valence-corrected chi connectivity index (χ0v) is 18.7. The van der Waals surface area contributed by atoms with Crippen molar-refractivity contribution in [1.82, 2.24) is 14.5 Å². The summed E-state index contributed by atoms with van der Waals surface area (Å²) >= 11 is 7.76. The summed E-state index contributed by atoms with van der Waals surface area (Å²) in [4.78, 5) is 10.5. The fraction of sp³-hybridized carbons (Fsp3) is 0.208. The maximum absolute atomic E-state index is 9.18. The Morgan fingerprint density at radius 3 is 2.68 bits per heavy atom. The van der Waals surface area contributed by atoms with Crippen LogP contribution in [0.4, 0.5) is 0 Å². The smallest absolute Gasteiger partial charge is 0.195 e. The summed E-state index contributed by atoms with van der Waals surface area (Å²) < 4.78 is 7.82. The van der Waals surface area contributed by atoms with Crippen LogP contribution < -0.4 is 4.74 Å². The minimum absolute atomic E-state index is 0.565. The van der Waals surface area contributed by atoms with Crippen LogP contribution in [0.2, 0.25) is 5.02 Å². The van der Waals surface area contributed by atoms with Crippen LogP contribution in [-0.2, 0) is 6.42 Å². The van der Waals surface area contributed by atoms with Crippen LogP contribution in [0, 0.1) is 18.3 Å². The van der Waals surface area contributed by atoms with E-state index in [4.69, 9.17) is 21.3 Å². The van der Waals surface area contributed by atoms with E-state index < -0.39 is 0 Å². The van der Waals surface area contributed by atoms with E-state index >= 15 is 0 Å². The zero-order valence-electron chi connectivity index (χ0n) is 17.1. The molecular weight excluding hydrogens is 428 g/mol. The lowest BCUT2D eigenvalue weighted by Gasteiger charge is -2.07. The second-order valence-electron chi connectivity index (χ2n) is 7.03. The number of aromatic nitrogens is 3. The molecule has 0 spiro atoms. The van der Waals surface area contributed by atoms with Gasteiger partial charge in [-0.1, -0.05) is 35.9 Å². The van der Waals surface area contributed by atoms with Gasteiger partial charge in [0.15, 0.2) is 5.13 Å². The predicted octanol–water partition coefficient (Wildman–Crippen LogP) is 6.23. The van der Waals surface area contributed by atoms with Gasteiger partial charge in [-0.05, 0) is 50.5 Å². The molecule has 0 aliphatic heterocycles. The van der Waals surface area contributed by atoms with E-state index in [-0.39, 0.29) is 0 Å². The summed E-state index contributed by atoms with van der Waals surface area (Å²) in [7, 11) is 0. The molecule has 4 rings (SSSR count). The van der Waals surface area contributed by atoms with Gasteiger partial charge in [-0.2, -0.15) is 5.26 Å². The number of halogens is 1. The standard InChI is InChI=1S/C24H21ClN4OS/c1-17-27-13-14-29(17)24-28-23(18-9-11-20(25)12-10-18)22(31-24)8-4-5-15-30-21-7-3-2-6-19(21)16-26/h2-3,6-7,9-14H,4-5,8,15H2,1H3. The summed E-state index contributed by atoms with van der Waals surface area (Å²) in [5.74, 6) is 1.55. The molecule has 0 saturated heterocycles. The highest BCUT2D eigenvalue weighted by molar-refractivity contribution is 7.14. The van der Waals surface area contributed by atoms with Gasteiger partial charge in [-0.15, -0.1) is 11.3 Å². The minimum Gasteiger partial charge on any atom is -0.492 e. The van der Waals surface area contributed by atoms with Crippen molar-refractivity contribution < 1.29 is 4.74 Å². The molecular formula is C24H21ClN4OS. The first-order chi connectivity index (χ1) is 15.2. The Morgan fingerprint density at radius 1 is 1.13 bits per heavy atom. The molecule has 2 heterocycles. The molecule has 4 aromatic rings. The van der Waals surface area contributed by atoms with Gasteiger partial charge in [-0.3, -0.25) is 4.57 Å². The molecule has 0 aliphatic carbocycles. The molecule has 0 saturated carbocycles. The van der Waals surface area contributed by atoms with Gasteiger partial charge in [0.2, 0.25) is 0 Å². The molecule has 0 unspecified atom stereocenters. The molecule has 0 atom stereocenters. The first-order valence-electron chi connectivity index (χ1n) is 10.0. The molecule has 0 aliphatic rings. The lowest BCUT2D eigenvalue weighted by atomic mass is 10.1. The van der Waals surface area contributed by atoms with Crippen LogP contribution in [0.15, 0.2) is 60.9 Å². The third kappa shape index (κ3) is 4.96. The lowest BCUT2D eigenvalue weighted by Crippen LogP contribution is -1.99. The van der Waals surface area contributed by atoms with Crippen molar-refractivity contribution in [3.05, 3.63) is 82.2 Å². The van der Waals surface area contributed by atoms with E-state index in [9.17, 15) is 5.26 Å². The fourth-order valence-electron chi connectivity index (χ4n) is 3.28. The fourth-order valence-corrected chi connectivity index (χ4v) is 4.56. The SMILES string of the molecule is Cc1nccn1-c1nc(-c2ccc(Cl)cc2)c(CCCCOc2ccccc2C#N)s1. The first kappa shape index (κ1) is 21.1. The van der Waals surface area contributed by atoms with E-state index in [2.05, 4.69) is 11.1 Å². The van der Waals surface area contributed by atoms with Gasteiger partial charge >= 0.3 is 0 Å². The average Bonchev–Trinajstić information content (AvgIpc) is 3.40. The monoisotopic (exact) mass is 448 g/mol. The molecule has 7 heteroatoms. The molecule has 5 nitrogen and oxygen atoms in total. The van der Waals surface area contributed by atoms with Gasteiger partial charge in [0.1, 0.15) is 17.6 Å². The van der Waals surface area contributed by atoms with Crippen LogP contribution in [0.3, 0.4) is 0 Å². The maximum atomic E-state index is 9.18. The lowest BCUT2D eigenvalue weighted by molar-refractivity contribution is 0.306. The third-order valence-electron chi connectivity index (χ3n) is 4.90. The molecule has 0 bridgehead atoms. The van der Waals surface area contributed by atoms with Gasteiger partial charge in [-0.25, -0.2) is 9.97 Å². The number of unbranched alkanes of at least 4 members (excludes halogenated alkanes) is 1. The number of para-hydroxylation sites is 1. The van der Waals surface area contributed by atoms with Crippen molar-refractivity contribution in [3.63, 3.8) is 0 Å². The number of benzene rings is 2. The Morgan fingerprint density at radius 2 is 1.94 bits per heavy atom. The molecule has 0 N–H and O–H groups in total. The number of nitriles is 1. The normalized spacial score (nSPS) is 10.7. The molecule has 0 radical (unpaired) electrons. The Balaban J connectivity index is 1.46. The van der Waals surface area contributed by atoms with Gasteiger partial charge in [0.05, 0.1) is 17.9 Å². The third-order valence-corrected chi connectivity index (χ3v) is 6.27.